The zero-order valence-corrected chi connectivity index (χ0v) is 16.5. The topological polar surface area (TPSA) is 49.8 Å². The molecule has 7 heteroatoms. The van der Waals surface area contributed by atoms with Gasteiger partial charge in [-0.15, -0.1) is 0 Å². The fourth-order valence-electron chi connectivity index (χ4n) is 3.12. The van der Waals surface area contributed by atoms with Crippen molar-refractivity contribution in [1.82, 2.24) is 0 Å². The first-order chi connectivity index (χ1) is 14.3. The van der Waals surface area contributed by atoms with E-state index in [0.29, 0.717) is 23.2 Å². The maximum Gasteiger partial charge on any atom is 0.341 e. The minimum Gasteiger partial charge on any atom is -0.479 e. The second-order valence-electron chi connectivity index (χ2n) is 6.70. The summed E-state index contributed by atoms with van der Waals surface area (Å²) in [6, 6.07) is 13.5. The largest absolute Gasteiger partial charge is 0.479 e. The summed E-state index contributed by atoms with van der Waals surface area (Å²) >= 11 is 0. The Labute approximate surface area is 172 Å². The van der Waals surface area contributed by atoms with Crippen LogP contribution in [0.5, 0.6) is 5.75 Å². The van der Waals surface area contributed by atoms with E-state index in [9.17, 15) is 18.0 Å². The Morgan fingerprint density at radius 3 is 2.47 bits per heavy atom. The summed E-state index contributed by atoms with van der Waals surface area (Å²) in [5.41, 5.74) is 2.35. The third-order valence-electron chi connectivity index (χ3n) is 4.65. The molecular formula is C23H20F3NO3. The number of anilines is 2. The molecule has 0 aromatic heterocycles. The zero-order valence-electron chi connectivity index (χ0n) is 16.5. The highest BCUT2D eigenvalue weighted by atomic mass is 19.1. The molecule has 156 valence electrons. The highest BCUT2D eigenvalue weighted by Gasteiger charge is 2.21. The SMILES string of the molecule is CCc1cc(-c2cccc(F)c2)cc(N(C)c2c(F)ccc(OCC(=O)O)c2F)c1. The molecule has 3 rings (SSSR count). The van der Waals surface area contributed by atoms with Gasteiger partial charge in [0.25, 0.3) is 0 Å². The predicted octanol–water partition coefficient (Wildman–Crippen LogP) is 5.56. The number of carbonyl (C=O) groups is 1. The minimum atomic E-state index is -1.27. The number of carboxylic acid groups (broad SMARTS) is 1. The van der Waals surface area contributed by atoms with Crippen molar-refractivity contribution in [2.75, 3.05) is 18.6 Å². The lowest BCUT2D eigenvalue weighted by molar-refractivity contribution is -0.139. The number of halogens is 3. The van der Waals surface area contributed by atoms with Gasteiger partial charge in [-0.3, -0.25) is 0 Å². The van der Waals surface area contributed by atoms with Crippen LogP contribution in [0.15, 0.2) is 54.6 Å². The fraction of sp³-hybridized carbons (Fsp3) is 0.174. The van der Waals surface area contributed by atoms with E-state index in [0.717, 1.165) is 17.7 Å². The van der Waals surface area contributed by atoms with E-state index in [1.54, 1.807) is 24.3 Å². The van der Waals surface area contributed by atoms with Gasteiger partial charge < -0.3 is 14.7 Å². The lowest BCUT2D eigenvalue weighted by Crippen LogP contribution is -2.16. The van der Waals surface area contributed by atoms with E-state index in [4.69, 9.17) is 9.84 Å². The van der Waals surface area contributed by atoms with Gasteiger partial charge in [0.05, 0.1) is 0 Å². The van der Waals surface area contributed by atoms with Crippen LogP contribution in [0.25, 0.3) is 11.1 Å². The molecule has 0 amide bonds. The minimum absolute atomic E-state index is 0.363. The van der Waals surface area contributed by atoms with Gasteiger partial charge in [0.15, 0.2) is 18.2 Å². The molecule has 30 heavy (non-hydrogen) atoms. The standard InChI is InChI=1S/C23H20F3NO3/c1-3-14-9-16(15-5-4-6-17(24)11-15)12-18(10-14)27(2)23-19(25)7-8-20(22(23)26)30-13-21(28)29/h4-12H,3,13H2,1-2H3,(H,28,29). The predicted molar refractivity (Wildman–Crippen MR) is 109 cm³/mol. The maximum absolute atomic E-state index is 14.9. The number of nitrogens with zero attached hydrogens (tertiary/aromatic N) is 1. The Balaban J connectivity index is 2.06. The van der Waals surface area contributed by atoms with E-state index in [1.165, 1.54) is 24.1 Å². The van der Waals surface area contributed by atoms with Crippen molar-refractivity contribution in [3.63, 3.8) is 0 Å². The Morgan fingerprint density at radius 2 is 1.80 bits per heavy atom. The van der Waals surface area contributed by atoms with E-state index < -0.39 is 24.2 Å². The molecule has 4 nitrogen and oxygen atoms in total. The van der Waals surface area contributed by atoms with Crippen LogP contribution in [0.4, 0.5) is 24.5 Å². The number of aliphatic carboxylic acids is 1. The number of aryl methyl sites for hydroxylation is 1. The number of ether oxygens (including phenoxy) is 1. The average molecular weight is 415 g/mol. The van der Waals surface area contributed by atoms with E-state index in [2.05, 4.69) is 0 Å². The number of benzene rings is 3. The first-order valence-electron chi connectivity index (χ1n) is 9.26. The van der Waals surface area contributed by atoms with Gasteiger partial charge >= 0.3 is 5.97 Å². The monoisotopic (exact) mass is 415 g/mol. The fourth-order valence-corrected chi connectivity index (χ4v) is 3.12. The van der Waals surface area contributed by atoms with Gasteiger partial charge in [-0.25, -0.2) is 18.0 Å². The van der Waals surface area contributed by atoms with Gasteiger partial charge in [0.2, 0.25) is 0 Å². The Morgan fingerprint density at radius 1 is 1.03 bits per heavy atom. The van der Waals surface area contributed by atoms with Crippen molar-refractivity contribution < 1.29 is 27.8 Å². The number of carboxylic acids is 1. The molecule has 0 bridgehead atoms. The highest BCUT2D eigenvalue weighted by Crippen LogP contribution is 2.36. The highest BCUT2D eigenvalue weighted by molar-refractivity contribution is 5.74. The zero-order chi connectivity index (χ0) is 21.8. The molecule has 0 aliphatic rings. The molecule has 1 N–H and O–H groups in total. The summed E-state index contributed by atoms with van der Waals surface area (Å²) < 4.78 is 48.0. The molecule has 0 fully saturated rings. The van der Waals surface area contributed by atoms with E-state index in [1.807, 2.05) is 13.0 Å². The number of rotatable bonds is 7. The summed E-state index contributed by atoms with van der Waals surface area (Å²) in [6.07, 6.45) is 0.663. The molecule has 3 aromatic carbocycles. The molecule has 0 aliphatic carbocycles. The molecule has 0 heterocycles. The average Bonchev–Trinajstić information content (AvgIpc) is 2.72. The van der Waals surface area contributed by atoms with Gasteiger partial charge in [-0.1, -0.05) is 25.1 Å². The normalized spacial score (nSPS) is 10.7. The van der Waals surface area contributed by atoms with Crippen molar-refractivity contribution in [2.24, 2.45) is 0 Å². The van der Waals surface area contributed by atoms with Gasteiger partial charge in [0.1, 0.15) is 17.3 Å². The molecule has 0 unspecified atom stereocenters. The molecular weight excluding hydrogens is 395 g/mol. The maximum atomic E-state index is 14.9. The van der Waals surface area contributed by atoms with Crippen LogP contribution in [0.2, 0.25) is 0 Å². The number of hydrogen-bond donors (Lipinski definition) is 1. The molecule has 0 aliphatic heterocycles. The van der Waals surface area contributed by atoms with Crippen molar-refractivity contribution in [3.05, 3.63) is 77.6 Å². The third-order valence-corrected chi connectivity index (χ3v) is 4.65. The molecule has 0 atom stereocenters. The molecule has 3 aromatic rings. The Bertz CT molecular complexity index is 1090. The van der Waals surface area contributed by atoms with Crippen LogP contribution in [0.1, 0.15) is 12.5 Å². The molecule has 0 radical (unpaired) electrons. The summed E-state index contributed by atoms with van der Waals surface area (Å²) in [5, 5.41) is 8.73. The Hall–Kier alpha value is -3.48. The van der Waals surface area contributed by atoms with Crippen LogP contribution < -0.4 is 9.64 Å². The van der Waals surface area contributed by atoms with Gasteiger partial charge in [-0.2, -0.15) is 0 Å². The first-order valence-corrected chi connectivity index (χ1v) is 9.26. The van der Waals surface area contributed by atoms with E-state index in [-0.39, 0.29) is 17.3 Å². The quantitative estimate of drug-likeness (QED) is 0.549. The van der Waals surface area contributed by atoms with Crippen molar-refractivity contribution in [2.45, 2.75) is 13.3 Å². The first kappa shape index (κ1) is 21.2. The smallest absolute Gasteiger partial charge is 0.341 e. The Kier molecular flexibility index (Phi) is 6.30. The molecule has 0 saturated heterocycles. The summed E-state index contributed by atoms with van der Waals surface area (Å²) in [4.78, 5) is 12.0. The summed E-state index contributed by atoms with van der Waals surface area (Å²) in [5.74, 6) is -3.86. The second-order valence-corrected chi connectivity index (χ2v) is 6.70. The van der Waals surface area contributed by atoms with Crippen molar-refractivity contribution in [3.8, 4) is 16.9 Å². The van der Waals surface area contributed by atoms with Gasteiger partial charge in [-0.05, 0) is 59.5 Å². The lowest BCUT2D eigenvalue weighted by atomic mass is 10.00. The molecule has 0 spiro atoms. The lowest BCUT2D eigenvalue weighted by Gasteiger charge is -2.23. The van der Waals surface area contributed by atoms with Crippen LogP contribution in [0, 0.1) is 17.5 Å². The van der Waals surface area contributed by atoms with Crippen LogP contribution >= 0.6 is 0 Å². The van der Waals surface area contributed by atoms with Crippen molar-refractivity contribution in [1.29, 1.82) is 0 Å². The second kappa shape index (κ2) is 8.90. The summed E-state index contributed by atoms with van der Waals surface area (Å²) in [7, 11) is 1.49. The van der Waals surface area contributed by atoms with Crippen LogP contribution in [-0.4, -0.2) is 24.7 Å². The van der Waals surface area contributed by atoms with E-state index >= 15 is 0 Å². The van der Waals surface area contributed by atoms with Crippen LogP contribution in [-0.2, 0) is 11.2 Å². The van der Waals surface area contributed by atoms with Crippen molar-refractivity contribution >= 4 is 17.3 Å². The number of hydrogen-bond acceptors (Lipinski definition) is 3. The van der Waals surface area contributed by atoms with Gasteiger partial charge in [0, 0.05) is 12.7 Å². The molecule has 0 saturated carbocycles. The van der Waals surface area contributed by atoms with Crippen LogP contribution in [0.3, 0.4) is 0 Å². The third kappa shape index (κ3) is 4.56. The summed E-state index contributed by atoms with van der Waals surface area (Å²) in [6.45, 7) is 1.19.